The molecule has 0 aliphatic rings. The van der Waals surface area contributed by atoms with Gasteiger partial charge in [-0.1, -0.05) is 43.3 Å². The topological polar surface area (TPSA) is 35.5 Å². The quantitative estimate of drug-likeness (QED) is 0.127. The third kappa shape index (κ3) is 7.11. The number of hydrogen-bond donors (Lipinski definition) is 0. The van der Waals surface area contributed by atoms with Gasteiger partial charge in [0.15, 0.2) is 0 Å². The lowest BCUT2D eigenvalue weighted by atomic mass is 9.85. The molecule has 0 saturated carbocycles. The van der Waals surface area contributed by atoms with Gasteiger partial charge in [0.25, 0.3) is 0 Å². The molecular weight excluding hydrogens is 913 g/mol. The normalized spacial score (nSPS) is 15.1. The maximum absolute atomic E-state index is 15.4. The van der Waals surface area contributed by atoms with Gasteiger partial charge in [-0.15, -0.1) is 0 Å². The van der Waals surface area contributed by atoms with Crippen molar-refractivity contribution < 1.29 is 115 Å². The molecular formula is C33H21F23O3S. The van der Waals surface area contributed by atoms with E-state index in [-0.39, 0.29) is 12.4 Å². The van der Waals surface area contributed by atoms with E-state index in [1.54, 1.807) is 6.92 Å². The summed E-state index contributed by atoms with van der Waals surface area (Å²) in [5, 5.41) is 0. The minimum atomic E-state index is -9.57. The van der Waals surface area contributed by atoms with E-state index in [9.17, 15) is 88.2 Å². The molecule has 0 saturated heterocycles. The van der Waals surface area contributed by atoms with Gasteiger partial charge in [-0.3, -0.25) is 0 Å². The number of halogens is 23. The van der Waals surface area contributed by atoms with Crippen LogP contribution >= 0.6 is 10.3 Å². The zero-order chi connectivity index (χ0) is 46.6. The van der Waals surface area contributed by atoms with Crippen LogP contribution in [0.15, 0.2) is 99.6 Å². The van der Waals surface area contributed by atoms with E-state index in [1.165, 1.54) is 12.1 Å². The Kier molecular flexibility index (Phi) is 13.0. The lowest BCUT2D eigenvalue weighted by molar-refractivity contribution is -0.477. The van der Waals surface area contributed by atoms with Crippen LogP contribution in [0.2, 0.25) is 0 Å². The molecule has 0 unspecified atom stereocenters. The summed E-state index contributed by atoms with van der Waals surface area (Å²) in [6.07, 6.45) is -7.76. The molecule has 0 N–H and O–H groups in total. The average Bonchev–Trinajstić information content (AvgIpc) is 3.15. The maximum atomic E-state index is 15.4. The number of ether oxygens (including phenoxy) is 1. The van der Waals surface area contributed by atoms with E-state index in [0.29, 0.717) is 6.42 Å². The predicted octanol–water partition coefficient (Wildman–Crippen LogP) is 13.1. The highest BCUT2D eigenvalue weighted by molar-refractivity contribution is 8.30. The molecule has 0 amide bonds. The van der Waals surface area contributed by atoms with Crippen LogP contribution in [0.1, 0.15) is 13.3 Å². The largest absolute Gasteiger partial charge is 0.494 e. The molecule has 0 aliphatic heterocycles. The third-order valence-corrected chi connectivity index (χ3v) is 11.4. The summed E-state index contributed by atoms with van der Waals surface area (Å²) in [5.74, 6) is -94.6. The Labute approximate surface area is 321 Å². The van der Waals surface area contributed by atoms with E-state index < -0.39 is 96.4 Å². The van der Waals surface area contributed by atoms with E-state index in [2.05, 4.69) is 0 Å². The van der Waals surface area contributed by atoms with Crippen molar-refractivity contribution in [2.24, 2.45) is 0 Å². The van der Waals surface area contributed by atoms with Crippen molar-refractivity contribution in [3.05, 3.63) is 84.9 Å². The first kappa shape index (κ1) is 50.0. The van der Waals surface area contributed by atoms with Gasteiger partial charge >= 0.3 is 71.4 Å². The molecule has 0 atom stereocenters. The monoisotopic (exact) mass is 934 g/mol. The van der Waals surface area contributed by atoms with Crippen molar-refractivity contribution in [2.75, 3.05) is 6.61 Å². The molecule has 3 nitrogen and oxygen atoms in total. The lowest BCUT2D eigenvalue weighted by Gasteiger charge is -2.45. The summed E-state index contributed by atoms with van der Waals surface area (Å²) in [6.45, 7) is 1.70. The zero-order valence-electron chi connectivity index (χ0n) is 28.8. The number of rotatable bonds is 17. The van der Waals surface area contributed by atoms with Crippen LogP contribution in [-0.4, -0.2) is 78.0 Å². The standard InChI is InChI=1S/C33H21F23O3S/c1-2-17-58-18-13-15-21(16-14-18)60(19-9-5-3-6-10-19,20-11-7-4-8-12-20)59-22(57)23(34,35)24(36,37)25(38,39)26(40,41)27(42,43)28(44,45)29(46,47)30(48,49)31(50,51)32(52,53)33(54,55)56/h3-16H,2,17H2,1H3. The number of alkyl halides is 23. The van der Waals surface area contributed by atoms with Crippen molar-refractivity contribution in [3.63, 3.8) is 0 Å². The predicted molar refractivity (Wildman–Crippen MR) is 159 cm³/mol. The Morgan fingerprint density at radius 1 is 0.433 bits per heavy atom. The molecule has 0 spiro atoms. The van der Waals surface area contributed by atoms with Crippen molar-refractivity contribution in [1.82, 2.24) is 0 Å². The first-order valence-corrected chi connectivity index (χ1v) is 17.2. The fraction of sp³-hybridized carbons (Fsp3) is 0.424. The van der Waals surface area contributed by atoms with Crippen LogP contribution in [0.25, 0.3) is 0 Å². The molecule has 0 radical (unpaired) electrons. The van der Waals surface area contributed by atoms with E-state index in [4.69, 9.17) is 8.92 Å². The molecule has 338 valence electrons. The SMILES string of the molecule is CCCOc1ccc(S(OC(=O)C(F)(F)C(F)(F)C(F)(F)C(F)(F)C(F)(F)C(F)(F)C(F)(F)C(F)(F)C(F)(F)C(F)(F)C(F)(F)F)(c2ccccc2)c2ccccc2)cc1. The highest BCUT2D eigenvalue weighted by Crippen LogP contribution is 2.71. The van der Waals surface area contributed by atoms with Crippen molar-refractivity contribution in [2.45, 2.75) is 93.4 Å². The smallest absolute Gasteiger partial charge is 0.460 e. The minimum Gasteiger partial charge on any atom is -0.494 e. The first-order valence-electron chi connectivity index (χ1n) is 15.6. The van der Waals surface area contributed by atoms with Gasteiger partial charge in [0.05, 0.1) is 6.61 Å². The van der Waals surface area contributed by atoms with Gasteiger partial charge in [-0.05, 0) is 65.3 Å². The summed E-state index contributed by atoms with van der Waals surface area (Å²) in [6, 6.07) is 14.4. The Bertz CT molecular complexity index is 1910. The molecule has 0 aromatic heterocycles. The fourth-order valence-electron chi connectivity index (χ4n) is 4.77. The zero-order valence-corrected chi connectivity index (χ0v) is 29.6. The van der Waals surface area contributed by atoms with E-state index in [1.807, 2.05) is 0 Å². The van der Waals surface area contributed by atoms with Gasteiger partial charge in [-0.25, -0.2) is 4.79 Å². The van der Waals surface area contributed by atoms with Crippen LogP contribution in [0.4, 0.5) is 101 Å². The van der Waals surface area contributed by atoms with Crippen molar-refractivity contribution in [1.29, 1.82) is 0 Å². The summed E-state index contributed by atoms with van der Waals surface area (Å²) in [4.78, 5) is 11.5. The number of hydrogen-bond acceptors (Lipinski definition) is 3. The van der Waals surface area contributed by atoms with Crippen molar-refractivity contribution in [3.8, 4) is 5.75 Å². The third-order valence-electron chi connectivity index (χ3n) is 8.14. The molecule has 3 rings (SSSR count). The summed E-state index contributed by atoms with van der Waals surface area (Å²) in [5.41, 5.74) is 0. The molecule has 60 heavy (non-hydrogen) atoms. The van der Waals surface area contributed by atoms with Gasteiger partial charge < -0.3 is 8.92 Å². The van der Waals surface area contributed by atoms with Crippen LogP contribution in [0, 0.1) is 0 Å². The van der Waals surface area contributed by atoms with Gasteiger partial charge in [0.1, 0.15) is 5.75 Å². The van der Waals surface area contributed by atoms with Crippen LogP contribution < -0.4 is 4.74 Å². The number of benzene rings is 3. The van der Waals surface area contributed by atoms with Crippen LogP contribution in [0.5, 0.6) is 5.75 Å². The summed E-state index contributed by atoms with van der Waals surface area (Å²) in [7, 11) is -4.43. The van der Waals surface area contributed by atoms with Crippen LogP contribution in [-0.2, 0) is 8.98 Å². The van der Waals surface area contributed by atoms with Gasteiger partial charge in [-0.2, -0.15) is 101 Å². The Hall–Kier alpha value is -4.33. The minimum absolute atomic E-state index is 0.000982. The molecule has 0 bridgehead atoms. The Morgan fingerprint density at radius 2 is 0.733 bits per heavy atom. The van der Waals surface area contributed by atoms with E-state index >= 15 is 17.6 Å². The second kappa shape index (κ2) is 15.5. The molecule has 0 heterocycles. The summed E-state index contributed by atoms with van der Waals surface area (Å²) >= 11 is 0. The molecule has 27 heteroatoms. The van der Waals surface area contributed by atoms with E-state index in [0.717, 1.165) is 72.8 Å². The number of carbonyl (C=O) groups excluding carboxylic acids is 1. The second-order valence-corrected chi connectivity index (χ2v) is 14.8. The molecule has 3 aromatic rings. The lowest BCUT2D eigenvalue weighted by Crippen LogP contribution is -2.78. The van der Waals surface area contributed by atoms with Crippen molar-refractivity contribution >= 4 is 16.3 Å². The first-order chi connectivity index (χ1) is 26.9. The summed E-state index contributed by atoms with van der Waals surface area (Å²) < 4.78 is 333. The Balaban J connectivity index is 2.24. The number of carbonyl (C=O) groups is 1. The molecule has 3 aromatic carbocycles. The molecule has 0 aliphatic carbocycles. The van der Waals surface area contributed by atoms with Gasteiger partial charge in [0.2, 0.25) is 0 Å². The second-order valence-electron chi connectivity index (χ2n) is 12.1. The fourth-order valence-corrected chi connectivity index (χ4v) is 7.81. The molecule has 0 fully saturated rings. The maximum Gasteiger partial charge on any atom is 0.460 e. The highest BCUT2D eigenvalue weighted by atomic mass is 32.3. The Morgan fingerprint density at radius 3 is 1.05 bits per heavy atom. The van der Waals surface area contributed by atoms with Gasteiger partial charge in [0, 0.05) is 14.7 Å². The highest BCUT2D eigenvalue weighted by Gasteiger charge is 2.99. The average molecular weight is 935 g/mol. The van der Waals surface area contributed by atoms with Crippen LogP contribution in [0.3, 0.4) is 0 Å².